The van der Waals surface area contributed by atoms with Crippen molar-refractivity contribution in [3.8, 4) is 17.2 Å². The minimum Gasteiger partial charge on any atom is -0.497 e. The smallest absolute Gasteiger partial charge is 0.170 e. The molecule has 0 aliphatic carbocycles. The lowest BCUT2D eigenvalue weighted by molar-refractivity contribution is 0.322. The van der Waals surface area contributed by atoms with Gasteiger partial charge in [0.1, 0.15) is 23.9 Å². The topological polar surface area (TPSA) is 51.8 Å². The van der Waals surface area contributed by atoms with Gasteiger partial charge < -0.3 is 24.8 Å². The van der Waals surface area contributed by atoms with Crippen LogP contribution in [0.4, 0.5) is 5.69 Å². The highest BCUT2D eigenvalue weighted by atomic mass is 32.1. The third kappa shape index (κ3) is 5.67. The summed E-state index contributed by atoms with van der Waals surface area (Å²) in [7, 11) is 3.27. The van der Waals surface area contributed by atoms with E-state index in [4.69, 9.17) is 26.4 Å². The molecular formula is C17H20N2O3S. The van der Waals surface area contributed by atoms with Gasteiger partial charge in [-0.05, 0) is 60.7 Å². The summed E-state index contributed by atoms with van der Waals surface area (Å²) in [6.07, 6.45) is 0. The van der Waals surface area contributed by atoms with Gasteiger partial charge >= 0.3 is 0 Å². The van der Waals surface area contributed by atoms with Crippen molar-refractivity contribution >= 4 is 23.0 Å². The van der Waals surface area contributed by atoms with Crippen LogP contribution >= 0.6 is 12.2 Å². The number of methoxy groups -OCH3 is 2. The molecule has 0 unspecified atom stereocenters. The third-order valence-electron chi connectivity index (χ3n) is 3.06. The summed E-state index contributed by atoms with van der Waals surface area (Å²) >= 11 is 5.23. The number of benzene rings is 2. The van der Waals surface area contributed by atoms with Crippen LogP contribution in [0.1, 0.15) is 0 Å². The van der Waals surface area contributed by atoms with E-state index in [1.807, 2.05) is 48.5 Å². The van der Waals surface area contributed by atoms with Crippen molar-refractivity contribution in [1.82, 2.24) is 5.32 Å². The minimum atomic E-state index is 0.511. The Morgan fingerprint density at radius 2 is 1.39 bits per heavy atom. The molecule has 2 N–H and O–H groups in total. The van der Waals surface area contributed by atoms with E-state index in [0.29, 0.717) is 18.3 Å². The van der Waals surface area contributed by atoms with Crippen molar-refractivity contribution in [2.24, 2.45) is 0 Å². The van der Waals surface area contributed by atoms with Crippen LogP contribution in [0.15, 0.2) is 48.5 Å². The van der Waals surface area contributed by atoms with Crippen LogP contribution in [0.3, 0.4) is 0 Å². The molecule has 0 amide bonds. The van der Waals surface area contributed by atoms with Crippen LogP contribution in [0.25, 0.3) is 0 Å². The number of hydrogen-bond acceptors (Lipinski definition) is 4. The molecule has 6 heteroatoms. The molecule has 0 saturated carbocycles. The van der Waals surface area contributed by atoms with E-state index < -0.39 is 0 Å². The van der Waals surface area contributed by atoms with E-state index in [-0.39, 0.29) is 0 Å². The zero-order valence-corrected chi connectivity index (χ0v) is 14.0. The molecule has 0 aromatic heterocycles. The summed E-state index contributed by atoms with van der Waals surface area (Å²) in [6.45, 7) is 1.12. The summed E-state index contributed by atoms with van der Waals surface area (Å²) in [5.41, 5.74) is 0.902. The Morgan fingerprint density at radius 3 is 1.96 bits per heavy atom. The van der Waals surface area contributed by atoms with Gasteiger partial charge in [0, 0.05) is 5.69 Å². The van der Waals surface area contributed by atoms with E-state index in [2.05, 4.69) is 10.6 Å². The van der Waals surface area contributed by atoms with Crippen LogP contribution in [0.2, 0.25) is 0 Å². The maximum Gasteiger partial charge on any atom is 0.170 e. The molecule has 23 heavy (non-hydrogen) atoms. The number of anilines is 1. The monoisotopic (exact) mass is 332 g/mol. The third-order valence-corrected chi connectivity index (χ3v) is 3.31. The summed E-state index contributed by atoms with van der Waals surface area (Å²) in [5.74, 6) is 2.41. The standard InChI is InChI=1S/C17H20N2O3S/c1-20-14-5-3-13(4-6-14)19-17(23)18-11-12-22-16-9-7-15(21-2)8-10-16/h3-10H,11-12H2,1-2H3,(H2,18,19,23). The fourth-order valence-corrected chi connectivity index (χ4v) is 2.07. The Hall–Kier alpha value is -2.47. The molecule has 0 radical (unpaired) electrons. The fraction of sp³-hybridized carbons (Fsp3) is 0.235. The molecule has 0 bridgehead atoms. The zero-order chi connectivity index (χ0) is 16.5. The van der Waals surface area contributed by atoms with Gasteiger partial charge in [0.2, 0.25) is 0 Å². The van der Waals surface area contributed by atoms with E-state index >= 15 is 0 Å². The van der Waals surface area contributed by atoms with E-state index in [9.17, 15) is 0 Å². The molecule has 122 valence electrons. The Balaban J connectivity index is 1.67. The first-order chi connectivity index (χ1) is 11.2. The summed E-state index contributed by atoms with van der Waals surface area (Å²) in [5, 5.41) is 6.74. The molecule has 2 rings (SSSR count). The first-order valence-electron chi connectivity index (χ1n) is 7.17. The average molecular weight is 332 g/mol. The predicted molar refractivity (Wildman–Crippen MR) is 95.7 cm³/mol. The summed E-state index contributed by atoms with van der Waals surface area (Å²) in [4.78, 5) is 0. The average Bonchev–Trinajstić information content (AvgIpc) is 2.60. The van der Waals surface area contributed by atoms with Gasteiger partial charge in [-0.2, -0.15) is 0 Å². The number of ether oxygens (including phenoxy) is 3. The summed E-state index contributed by atoms with van der Waals surface area (Å²) in [6, 6.07) is 15.0. The van der Waals surface area contributed by atoms with Crippen molar-refractivity contribution < 1.29 is 14.2 Å². The molecule has 0 saturated heterocycles. The Morgan fingerprint density at radius 1 is 0.870 bits per heavy atom. The molecule has 0 fully saturated rings. The highest BCUT2D eigenvalue weighted by molar-refractivity contribution is 7.80. The van der Waals surface area contributed by atoms with Crippen LogP contribution in [0.5, 0.6) is 17.2 Å². The van der Waals surface area contributed by atoms with Crippen LogP contribution in [0, 0.1) is 0 Å². The second-order valence-electron chi connectivity index (χ2n) is 4.63. The van der Waals surface area contributed by atoms with Crippen molar-refractivity contribution in [3.63, 3.8) is 0 Å². The van der Waals surface area contributed by atoms with Gasteiger partial charge in [0.05, 0.1) is 20.8 Å². The zero-order valence-electron chi connectivity index (χ0n) is 13.2. The number of thiocarbonyl (C=S) groups is 1. The Kier molecular flexibility index (Phi) is 6.50. The molecule has 2 aromatic rings. The Bertz CT molecular complexity index is 615. The van der Waals surface area contributed by atoms with Crippen LogP contribution < -0.4 is 24.8 Å². The molecular weight excluding hydrogens is 312 g/mol. The second-order valence-corrected chi connectivity index (χ2v) is 5.04. The number of nitrogens with one attached hydrogen (secondary N) is 2. The quantitative estimate of drug-likeness (QED) is 0.600. The minimum absolute atomic E-state index is 0.511. The van der Waals surface area contributed by atoms with Gasteiger partial charge in [-0.25, -0.2) is 0 Å². The summed E-state index contributed by atoms with van der Waals surface area (Å²) < 4.78 is 15.8. The lowest BCUT2D eigenvalue weighted by Crippen LogP contribution is -2.31. The second kappa shape index (κ2) is 8.85. The highest BCUT2D eigenvalue weighted by Crippen LogP contribution is 2.17. The van der Waals surface area contributed by atoms with Gasteiger partial charge in [-0.3, -0.25) is 0 Å². The van der Waals surface area contributed by atoms with Gasteiger partial charge in [-0.15, -0.1) is 0 Å². The molecule has 0 atom stereocenters. The fourth-order valence-electron chi connectivity index (χ4n) is 1.86. The van der Waals surface area contributed by atoms with Crippen molar-refractivity contribution in [2.45, 2.75) is 0 Å². The largest absolute Gasteiger partial charge is 0.497 e. The number of hydrogen-bond donors (Lipinski definition) is 2. The predicted octanol–water partition coefficient (Wildman–Crippen LogP) is 3.07. The molecule has 2 aromatic carbocycles. The van der Waals surface area contributed by atoms with Crippen molar-refractivity contribution in [1.29, 1.82) is 0 Å². The van der Waals surface area contributed by atoms with Crippen molar-refractivity contribution in [2.75, 3.05) is 32.7 Å². The Labute approximate surface area is 141 Å². The maximum absolute atomic E-state index is 5.61. The first kappa shape index (κ1) is 16.9. The van der Waals surface area contributed by atoms with E-state index in [1.54, 1.807) is 14.2 Å². The molecule has 0 heterocycles. The lowest BCUT2D eigenvalue weighted by Gasteiger charge is -2.12. The molecule has 0 aliphatic heterocycles. The molecule has 0 spiro atoms. The van der Waals surface area contributed by atoms with Gasteiger partial charge in [0.25, 0.3) is 0 Å². The molecule has 5 nitrogen and oxygen atoms in total. The SMILES string of the molecule is COc1ccc(NC(=S)NCCOc2ccc(OC)cc2)cc1. The maximum atomic E-state index is 5.61. The normalized spacial score (nSPS) is 9.83. The molecule has 0 aliphatic rings. The van der Waals surface area contributed by atoms with Gasteiger partial charge in [-0.1, -0.05) is 0 Å². The van der Waals surface area contributed by atoms with Crippen molar-refractivity contribution in [3.05, 3.63) is 48.5 Å². The van der Waals surface area contributed by atoms with E-state index in [1.165, 1.54) is 0 Å². The number of rotatable bonds is 7. The lowest BCUT2D eigenvalue weighted by atomic mass is 10.3. The van der Waals surface area contributed by atoms with Crippen LogP contribution in [-0.4, -0.2) is 32.5 Å². The van der Waals surface area contributed by atoms with Gasteiger partial charge in [0.15, 0.2) is 5.11 Å². The first-order valence-corrected chi connectivity index (χ1v) is 7.58. The van der Waals surface area contributed by atoms with E-state index in [0.717, 1.165) is 22.9 Å². The highest BCUT2D eigenvalue weighted by Gasteiger charge is 1.99. The van der Waals surface area contributed by atoms with Crippen LogP contribution in [-0.2, 0) is 0 Å².